The minimum absolute atomic E-state index is 0.0360. The van der Waals surface area contributed by atoms with E-state index in [1.807, 2.05) is 0 Å². The first-order chi connectivity index (χ1) is 8.27. The molecule has 0 bridgehead atoms. The normalized spacial score (nSPS) is 12.6. The first kappa shape index (κ1) is 15.1. The van der Waals surface area contributed by atoms with Gasteiger partial charge in [-0.15, -0.1) is 0 Å². The molecular weight excluding hydrogens is 279 g/mol. The van der Waals surface area contributed by atoms with E-state index >= 15 is 0 Å². The fourth-order valence-corrected chi connectivity index (χ4v) is 4.96. The van der Waals surface area contributed by atoms with Crippen LogP contribution >= 0.6 is 0 Å². The summed E-state index contributed by atoms with van der Waals surface area (Å²) in [6.45, 7) is 1.71. The van der Waals surface area contributed by atoms with Crippen LogP contribution < -0.4 is 0 Å². The molecule has 1 rings (SSSR count). The molecule has 4 nitrogen and oxygen atoms in total. The van der Waals surface area contributed by atoms with Gasteiger partial charge in [-0.25, -0.2) is 21.2 Å². The number of halogens is 1. The summed E-state index contributed by atoms with van der Waals surface area (Å²) in [6.07, 6.45) is 0.447. The summed E-state index contributed by atoms with van der Waals surface area (Å²) in [7, 11) is -7.11. The topological polar surface area (TPSA) is 68.3 Å². The van der Waals surface area contributed by atoms with Crippen LogP contribution in [0.25, 0.3) is 0 Å². The Hall–Kier alpha value is -0.950. The van der Waals surface area contributed by atoms with Gasteiger partial charge in [-0.2, -0.15) is 0 Å². The summed E-state index contributed by atoms with van der Waals surface area (Å²) in [5.41, 5.74) is 0. The van der Waals surface area contributed by atoms with E-state index in [2.05, 4.69) is 0 Å². The van der Waals surface area contributed by atoms with Crippen molar-refractivity contribution in [3.05, 3.63) is 30.1 Å². The lowest BCUT2D eigenvalue weighted by Crippen LogP contribution is -2.19. The van der Waals surface area contributed by atoms with Gasteiger partial charge in [-0.05, 0) is 24.6 Å². The summed E-state index contributed by atoms with van der Waals surface area (Å²) in [5.74, 6) is -1.64. The number of rotatable bonds is 6. The SMILES string of the molecule is CCCS(=O)(=O)CCS(=O)(=O)c1cccc(F)c1. The fourth-order valence-electron chi connectivity index (χ4n) is 1.43. The Morgan fingerprint density at radius 3 is 2.28 bits per heavy atom. The van der Waals surface area contributed by atoms with Crippen molar-refractivity contribution in [1.29, 1.82) is 0 Å². The third kappa shape index (κ3) is 4.38. The van der Waals surface area contributed by atoms with Gasteiger partial charge in [0.1, 0.15) is 5.82 Å². The van der Waals surface area contributed by atoms with E-state index in [0.717, 1.165) is 12.1 Å². The van der Waals surface area contributed by atoms with Crippen molar-refractivity contribution in [1.82, 2.24) is 0 Å². The highest BCUT2D eigenvalue weighted by Gasteiger charge is 2.19. The van der Waals surface area contributed by atoms with Crippen LogP contribution in [0.4, 0.5) is 4.39 Å². The highest BCUT2D eigenvalue weighted by atomic mass is 32.2. The van der Waals surface area contributed by atoms with Crippen LogP contribution in [0, 0.1) is 5.82 Å². The molecule has 0 aromatic heterocycles. The third-order valence-corrected chi connectivity index (χ3v) is 6.16. The van der Waals surface area contributed by atoms with Gasteiger partial charge >= 0.3 is 0 Å². The molecular formula is C11H15FO4S2. The van der Waals surface area contributed by atoms with Gasteiger partial charge in [-0.1, -0.05) is 13.0 Å². The Balaban J connectivity index is 2.84. The Morgan fingerprint density at radius 1 is 1.06 bits per heavy atom. The smallest absolute Gasteiger partial charge is 0.179 e. The van der Waals surface area contributed by atoms with E-state index in [4.69, 9.17) is 0 Å². The van der Waals surface area contributed by atoms with Crippen molar-refractivity contribution in [2.24, 2.45) is 0 Å². The minimum Gasteiger partial charge on any atom is -0.229 e. The highest BCUT2D eigenvalue weighted by molar-refractivity contribution is 7.95. The Labute approximate surface area is 107 Å². The molecule has 1 aromatic rings. The molecule has 0 aliphatic carbocycles. The number of benzene rings is 1. The van der Waals surface area contributed by atoms with E-state index in [0.29, 0.717) is 6.42 Å². The maximum Gasteiger partial charge on any atom is 0.179 e. The Morgan fingerprint density at radius 2 is 1.72 bits per heavy atom. The molecule has 0 heterocycles. The zero-order valence-corrected chi connectivity index (χ0v) is 11.6. The number of sulfone groups is 2. The van der Waals surface area contributed by atoms with Crippen molar-refractivity contribution < 1.29 is 21.2 Å². The van der Waals surface area contributed by atoms with Gasteiger partial charge in [0.05, 0.1) is 16.4 Å². The minimum atomic E-state index is -3.75. The lowest BCUT2D eigenvalue weighted by Gasteiger charge is -2.05. The predicted octanol–water partition coefficient (Wildman–Crippen LogP) is 1.42. The van der Waals surface area contributed by atoms with E-state index < -0.39 is 37.0 Å². The van der Waals surface area contributed by atoms with Gasteiger partial charge in [-0.3, -0.25) is 0 Å². The highest BCUT2D eigenvalue weighted by Crippen LogP contribution is 2.13. The van der Waals surface area contributed by atoms with Crippen LogP contribution in [0.2, 0.25) is 0 Å². The molecule has 0 fully saturated rings. The third-order valence-electron chi connectivity index (χ3n) is 2.33. The van der Waals surface area contributed by atoms with Crippen molar-refractivity contribution in [2.75, 3.05) is 17.3 Å². The summed E-state index contributed by atoms with van der Waals surface area (Å²) in [5, 5.41) is 0. The van der Waals surface area contributed by atoms with Gasteiger partial charge in [0.25, 0.3) is 0 Å². The molecule has 0 atom stereocenters. The lowest BCUT2D eigenvalue weighted by atomic mass is 10.4. The summed E-state index contributed by atoms with van der Waals surface area (Å²) >= 11 is 0. The second kappa shape index (κ2) is 5.79. The molecule has 18 heavy (non-hydrogen) atoms. The van der Waals surface area contributed by atoms with Gasteiger partial charge in [0.2, 0.25) is 0 Å². The summed E-state index contributed by atoms with van der Waals surface area (Å²) in [4.78, 5) is -0.186. The van der Waals surface area contributed by atoms with Gasteiger partial charge in [0.15, 0.2) is 19.7 Å². The van der Waals surface area contributed by atoms with Crippen LogP contribution in [0.1, 0.15) is 13.3 Å². The van der Waals surface area contributed by atoms with E-state index in [9.17, 15) is 21.2 Å². The predicted molar refractivity (Wildman–Crippen MR) is 67.4 cm³/mol. The van der Waals surface area contributed by atoms with Crippen LogP contribution in [0.5, 0.6) is 0 Å². The molecule has 0 aliphatic heterocycles. The van der Waals surface area contributed by atoms with Crippen LogP contribution in [-0.2, 0) is 19.7 Å². The molecule has 0 N–H and O–H groups in total. The molecule has 0 aliphatic rings. The first-order valence-corrected chi connectivity index (χ1v) is 8.93. The number of hydrogen-bond acceptors (Lipinski definition) is 4. The second-order valence-electron chi connectivity index (χ2n) is 3.93. The molecule has 0 saturated heterocycles. The molecule has 102 valence electrons. The molecule has 0 saturated carbocycles. The molecule has 0 unspecified atom stereocenters. The average molecular weight is 294 g/mol. The average Bonchev–Trinajstić information content (AvgIpc) is 2.27. The maximum atomic E-state index is 12.9. The van der Waals surface area contributed by atoms with E-state index in [-0.39, 0.29) is 10.6 Å². The molecule has 0 spiro atoms. The zero-order valence-electron chi connectivity index (χ0n) is 9.97. The van der Waals surface area contributed by atoms with Crippen LogP contribution in [0.15, 0.2) is 29.2 Å². The zero-order chi connectivity index (χ0) is 13.8. The first-order valence-electron chi connectivity index (χ1n) is 5.45. The van der Waals surface area contributed by atoms with Crippen molar-refractivity contribution in [3.63, 3.8) is 0 Å². The molecule has 1 aromatic carbocycles. The number of hydrogen-bond donors (Lipinski definition) is 0. The fraction of sp³-hybridized carbons (Fsp3) is 0.455. The summed E-state index contributed by atoms with van der Waals surface area (Å²) < 4.78 is 59.4. The van der Waals surface area contributed by atoms with Crippen LogP contribution in [0.3, 0.4) is 0 Å². The van der Waals surface area contributed by atoms with Crippen molar-refractivity contribution >= 4 is 19.7 Å². The van der Waals surface area contributed by atoms with E-state index in [1.165, 1.54) is 12.1 Å². The summed E-state index contributed by atoms with van der Waals surface area (Å²) in [6, 6.07) is 4.56. The van der Waals surface area contributed by atoms with E-state index in [1.54, 1.807) is 6.92 Å². The van der Waals surface area contributed by atoms with Gasteiger partial charge < -0.3 is 0 Å². The molecule has 0 radical (unpaired) electrons. The monoisotopic (exact) mass is 294 g/mol. The maximum absolute atomic E-state index is 12.9. The quantitative estimate of drug-likeness (QED) is 0.796. The van der Waals surface area contributed by atoms with Crippen molar-refractivity contribution in [2.45, 2.75) is 18.2 Å². The molecule has 7 heteroatoms. The lowest BCUT2D eigenvalue weighted by molar-refractivity contribution is 0.585. The van der Waals surface area contributed by atoms with Crippen LogP contribution in [-0.4, -0.2) is 34.1 Å². The largest absolute Gasteiger partial charge is 0.229 e. The Bertz CT molecular complexity index is 606. The van der Waals surface area contributed by atoms with Crippen molar-refractivity contribution in [3.8, 4) is 0 Å². The molecule has 0 amide bonds. The Kier molecular flexibility index (Phi) is 4.86. The second-order valence-corrected chi connectivity index (χ2v) is 8.34. The standard InChI is InChI=1S/C11H15FO4S2/c1-2-6-17(13,14)7-8-18(15,16)11-5-3-4-10(12)9-11/h3-5,9H,2,6-8H2,1H3. The van der Waals surface area contributed by atoms with Gasteiger partial charge in [0, 0.05) is 5.75 Å².